The van der Waals surface area contributed by atoms with Crippen LogP contribution in [0.5, 0.6) is 0 Å². The molecule has 0 aromatic heterocycles. The van der Waals surface area contributed by atoms with Crippen molar-refractivity contribution < 1.29 is 19.4 Å². The van der Waals surface area contributed by atoms with Crippen molar-refractivity contribution in [3.8, 4) is 0 Å². The molecule has 1 aliphatic heterocycles. The molecule has 5 nitrogen and oxygen atoms in total. The molecule has 5 heteroatoms. The van der Waals surface area contributed by atoms with Gasteiger partial charge < -0.3 is 15.2 Å². The number of nitrogens with one attached hydrogen (secondary N) is 1. The highest BCUT2D eigenvalue weighted by atomic mass is 16.5. The van der Waals surface area contributed by atoms with Gasteiger partial charge in [-0.1, -0.05) is 20.3 Å². The molecule has 0 aromatic rings. The highest BCUT2D eigenvalue weighted by Gasteiger charge is 2.27. The van der Waals surface area contributed by atoms with Gasteiger partial charge in [0, 0.05) is 6.42 Å². The first kappa shape index (κ1) is 12.5. The second-order valence-corrected chi connectivity index (χ2v) is 3.94. The number of rotatable bonds is 5. The van der Waals surface area contributed by atoms with Crippen molar-refractivity contribution in [2.75, 3.05) is 6.61 Å². The Bertz CT molecular complexity index is 311. The van der Waals surface area contributed by atoms with E-state index in [1.165, 1.54) is 6.26 Å². The van der Waals surface area contributed by atoms with Crippen LogP contribution in [0.25, 0.3) is 0 Å². The summed E-state index contributed by atoms with van der Waals surface area (Å²) in [5.41, 5.74) is 0.509. The van der Waals surface area contributed by atoms with E-state index in [9.17, 15) is 9.59 Å². The minimum absolute atomic E-state index is 0.0932. The molecule has 1 heterocycles. The number of amides is 1. The van der Waals surface area contributed by atoms with Gasteiger partial charge >= 0.3 is 5.97 Å². The van der Waals surface area contributed by atoms with E-state index in [-0.39, 0.29) is 11.8 Å². The van der Waals surface area contributed by atoms with Crippen LogP contribution in [0, 0.1) is 5.92 Å². The zero-order chi connectivity index (χ0) is 12.1. The predicted octanol–water partition coefficient (Wildman–Crippen LogP) is 0.906. The molecule has 0 fully saturated rings. The highest BCUT2D eigenvalue weighted by Crippen LogP contribution is 2.13. The number of hydrogen-bond donors (Lipinski definition) is 2. The minimum atomic E-state index is -0.998. The van der Waals surface area contributed by atoms with Crippen molar-refractivity contribution in [2.24, 2.45) is 5.92 Å². The lowest BCUT2D eigenvalue weighted by molar-refractivity contribution is -0.142. The third-order valence-corrected chi connectivity index (χ3v) is 2.77. The largest absolute Gasteiger partial charge is 0.500 e. The van der Waals surface area contributed by atoms with Gasteiger partial charge in [0.25, 0.3) is 5.91 Å². The van der Waals surface area contributed by atoms with Crippen LogP contribution in [0.1, 0.15) is 26.7 Å². The van der Waals surface area contributed by atoms with Crippen LogP contribution in [0.15, 0.2) is 11.8 Å². The number of carboxylic acid groups (broad SMARTS) is 1. The van der Waals surface area contributed by atoms with Gasteiger partial charge in [0.15, 0.2) is 0 Å². The molecule has 0 bridgehead atoms. The van der Waals surface area contributed by atoms with E-state index in [0.29, 0.717) is 25.0 Å². The van der Waals surface area contributed by atoms with Crippen LogP contribution < -0.4 is 5.32 Å². The van der Waals surface area contributed by atoms with Crippen molar-refractivity contribution in [2.45, 2.75) is 32.7 Å². The Morgan fingerprint density at radius 2 is 2.31 bits per heavy atom. The summed E-state index contributed by atoms with van der Waals surface area (Å²) in [7, 11) is 0. The maximum atomic E-state index is 11.7. The van der Waals surface area contributed by atoms with Crippen molar-refractivity contribution in [3.05, 3.63) is 11.8 Å². The van der Waals surface area contributed by atoms with Crippen LogP contribution in [-0.2, 0) is 14.3 Å². The van der Waals surface area contributed by atoms with Crippen LogP contribution in [0.4, 0.5) is 0 Å². The van der Waals surface area contributed by atoms with E-state index in [0.717, 1.165) is 0 Å². The van der Waals surface area contributed by atoms with Gasteiger partial charge in [-0.15, -0.1) is 0 Å². The maximum Gasteiger partial charge on any atom is 0.326 e. The van der Waals surface area contributed by atoms with Gasteiger partial charge in [-0.2, -0.15) is 0 Å². The Balaban J connectivity index is 2.61. The summed E-state index contributed by atoms with van der Waals surface area (Å²) in [5, 5.41) is 11.5. The molecule has 0 spiro atoms. The summed E-state index contributed by atoms with van der Waals surface area (Å²) in [6, 6.07) is -0.834. The molecule has 0 aromatic carbocycles. The number of hydrogen-bond acceptors (Lipinski definition) is 3. The second-order valence-electron chi connectivity index (χ2n) is 3.94. The summed E-state index contributed by atoms with van der Waals surface area (Å²) in [5.74, 6) is -1.43. The van der Waals surface area contributed by atoms with Gasteiger partial charge in [-0.25, -0.2) is 4.79 Å². The lowest BCUT2D eigenvalue weighted by atomic mass is 9.99. The molecule has 0 radical (unpaired) electrons. The van der Waals surface area contributed by atoms with Crippen molar-refractivity contribution >= 4 is 11.9 Å². The van der Waals surface area contributed by atoms with Gasteiger partial charge in [0.2, 0.25) is 0 Å². The number of carbonyl (C=O) groups excluding carboxylic acids is 1. The van der Waals surface area contributed by atoms with E-state index in [2.05, 4.69) is 5.32 Å². The normalized spacial score (nSPS) is 18.2. The lowest BCUT2D eigenvalue weighted by Gasteiger charge is -2.20. The molecule has 0 unspecified atom stereocenters. The van der Waals surface area contributed by atoms with Crippen molar-refractivity contribution in [3.63, 3.8) is 0 Å². The molecule has 0 aliphatic carbocycles. The topological polar surface area (TPSA) is 75.6 Å². The zero-order valence-electron chi connectivity index (χ0n) is 9.53. The monoisotopic (exact) mass is 227 g/mol. The summed E-state index contributed by atoms with van der Waals surface area (Å²) in [6.45, 7) is 4.19. The number of carboxylic acids is 1. The van der Waals surface area contributed by atoms with Gasteiger partial charge in [-0.3, -0.25) is 4.79 Å². The van der Waals surface area contributed by atoms with Crippen LogP contribution in [0.3, 0.4) is 0 Å². The molecule has 0 saturated carbocycles. The Hall–Kier alpha value is -1.52. The highest BCUT2D eigenvalue weighted by molar-refractivity contribution is 5.96. The maximum absolute atomic E-state index is 11.7. The molecular formula is C11H17NO4. The molecule has 2 atom stereocenters. The quantitative estimate of drug-likeness (QED) is 0.731. The smallest absolute Gasteiger partial charge is 0.326 e. The molecule has 1 rings (SSSR count). The van der Waals surface area contributed by atoms with Crippen LogP contribution in [0.2, 0.25) is 0 Å². The lowest BCUT2D eigenvalue weighted by Crippen LogP contribution is -2.45. The zero-order valence-corrected chi connectivity index (χ0v) is 9.53. The number of aliphatic carboxylic acids is 1. The number of carbonyl (C=O) groups is 2. The first-order chi connectivity index (χ1) is 7.56. The summed E-state index contributed by atoms with van der Waals surface area (Å²) >= 11 is 0. The third-order valence-electron chi connectivity index (χ3n) is 2.77. The Morgan fingerprint density at radius 3 is 2.75 bits per heavy atom. The molecule has 1 amide bonds. The first-order valence-corrected chi connectivity index (χ1v) is 5.40. The van der Waals surface area contributed by atoms with Gasteiger partial charge in [-0.05, 0) is 5.92 Å². The molecule has 0 saturated heterocycles. The fourth-order valence-electron chi connectivity index (χ4n) is 1.47. The van der Waals surface area contributed by atoms with E-state index < -0.39 is 12.0 Å². The van der Waals surface area contributed by atoms with E-state index >= 15 is 0 Å². The fraction of sp³-hybridized carbons (Fsp3) is 0.636. The Morgan fingerprint density at radius 1 is 1.62 bits per heavy atom. The van der Waals surface area contributed by atoms with E-state index in [1.807, 2.05) is 6.92 Å². The predicted molar refractivity (Wildman–Crippen MR) is 57.7 cm³/mol. The van der Waals surface area contributed by atoms with Crippen molar-refractivity contribution in [1.82, 2.24) is 5.32 Å². The summed E-state index contributed by atoms with van der Waals surface area (Å²) in [6.07, 6.45) is 2.64. The van der Waals surface area contributed by atoms with Crippen LogP contribution >= 0.6 is 0 Å². The van der Waals surface area contributed by atoms with E-state index in [1.54, 1.807) is 6.92 Å². The molecule has 16 heavy (non-hydrogen) atoms. The Kier molecular flexibility index (Phi) is 4.34. The average molecular weight is 227 g/mol. The minimum Gasteiger partial charge on any atom is -0.500 e. The standard InChI is InChI=1S/C11H17NO4/c1-3-7(2)9(11(14)15)12-10(13)8-4-5-16-6-8/h6-7,9H,3-5H2,1-2H3,(H,12,13)(H,14,15)/t7-,9-/m0/s1. The third kappa shape index (κ3) is 2.98. The average Bonchev–Trinajstić information content (AvgIpc) is 2.77. The molecule has 90 valence electrons. The summed E-state index contributed by atoms with van der Waals surface area (Å²) < 4.78 is 4.94. The first-order valence-electron chi connectivity index (χ1n) is 5.40. The SMILES string of the molecule is CC[C@H](C)[C@H](NC(=O)C1=COCC1)C(=O)O. The van der Waals surface area contributed by atoms with Crippen LogP contribution in [-0.4, -0.2) is 29.6 Å². The van der Waals surface area contributed by atoms with Gasteiger partial charge in [0.05, 0.1) is 18.4 Å². The molecule has 2 N–H and O–H groups in total. The molecule has 1 aliphatic rings. The van der Waals surface area contributed by atoms with Gasteiger partial charge in [0.1, 0.15) is 6.04 Å². The number of ether oxygens (including phenoxy) is 1. The Labute approximate surface area is 94.5 Å². The van der Waals surface area contributed by atoms with E-state index in [4.69, 9.17) is 9.84 Å². The second kappa shape index (κ2) is 5.53. The summed E-state index contributed by atoms with van der Waals surface area (Å²) in [4.78, 5) is 22.6. The molecular weight excluding hydrogens is 210 g/mol. The fourth-order valence-corrected chi connectivity index (χ4v) is 1.47. The van der Waals surface area contributed by atoms with Crippen molar-refractivity contribution in [1.29, 1.82) is 0 Å².